The van der Waals surface area contributed by atoms with Gasteiger partial charge in [0, 0.05) is 43.0 Å². The molecule has 0 radical (unpaired) electrons. The van der Waals surface area contributed by atoms with Crippen LogP contribution in [0.5, 0.6) is 17.2 Å². The van der Waals surface area contributed by atoms with E-state index in [0.29, 0.717) is 34.5 Å². The second-order valence-corrected chi connectivity index (χ2v) is 8.61. The number of ether oxygens (including phenoxy) is 2. The summed E-state index contributed by atoms with van der Waals surface area (Å²) in [4.78, 5) is 6.29. The van der Waals surface area contributed by atoms with Crippen molar-refractivity contribution in [2.24, 2.45) is 0 Å². The van der Waals surface area contributed by atoms with E-state index in [2.05, 4.69) is 16.5 Å². The van der Waals surface area contributed by atoms with Crippen LogP contribution in [0.4, 0.5) is 13.2 Å². The molecule has 1 atom stereocenters. The van der Waals surface area contributed by atoms with Crippen LogP contribution >= 0.6 is 0 Å². The molecular weight excluding hydrogens is 469 g/mol. The lowest BCUT2D eigenvalue weighted by molar-refractivity contribution is 0.152. The molecule has 0 saturated carbocycles. The molecule has 1 aliphatic heterocycles. The van der Waals surface area contributed by atoms with E-state index in [9.17, 15) is 13.2 Å². The summed E-state index contributed by atoms with van der Waals surface area (Å²) in [5, 5.41) is 5.36. The van der Waals surface area contributed by atoms with E-state index in [0.717, 1.165) is 19.5 Å². The Hall–Kier alpha value is -3.85. The predicted molar refractivity (Wildman–Crippen MR) is 131 cm³/mol. The Morgan fingerprint density at radius 2 is 1.92 bits per heavy atom. The van der Waals surface area contributed by atoms with Gasteiger partial charge in [0.1, 0.15) is 11.4 Å². The first kappa shape index (κ1) is 23.9. The van der Waals surface area contributed by atoms with Crippen molar-refractivity contribution < 1.29 is 22.6 Å². The van der Waals surface area contributed by atoms with E-state index in [1.807, 2.05) is 6.08 Å². The smallest absolute Gasteiger partial charge is 0.267 e. The highest BCUT2D eigenvalue weighted by Crippen LogP contribution is 2.37. The fourth-order valence-corrected chi connectivity index (χ4v) is 4.64. The lowest BCUT2D eigenvalue weighted by Gasteiger charge is -2.15. The van der Waals surface area contributed by atoms with Crippen LogP contribution < -0.4 is 9.47 Å². The summed E-state index contributed by atoms with van der Waals surface area (Å²) in [7, 11) is 1.39. The zero-order valence-corrected chi connectivity index (χ0v) is 19.7. The summed E-state index contributed by atoms with van der Waals surface area (Å²) >= 11 is 0. The highest BCUT2D eigenvalue weighted by atomic mass is 19.3. The number of benzene rings is 2. The van der Waals surface area contributed by atoms with Crippen LogP contribution in [0.1, 0.15) is 24.5 Å². The van der Waals surface area contributed by atoms with Crippen molar-refractivity contribution in [1.29, 1.82) is 0 Å². The Balaban J connectivity index is 1.51. The Kier molecular flexibility index (Phi) is 6.65. The fourth-order valence-electron chi connectivity index (χ4n) is 4.64. The topological polar surface area (TPSA) is 52.4 Å². The normalized spacial score (nSPS) is 16.1. The summed E-state index contributed by atoms with van der Waals surface area (Å²) in [6.45, 7) is 6.07. The molecule has 0 aliphatic carbocycles. The second-order valence-electron chi connectivity index (χ2n) is 8.61. The van der Waals surface area contributed by atoms with Crippen LogP contribution in [0.3, 0.4) is 0 Å². The van der Waals surface area contributed by atoms with Gasteiger partial charge in [-0.1, -0.05) is 12.1 Å². The van der Waals surface area contributed by atoms with Gasteiger partial charge >= 0.3 is 0 Å². The molecular formula is C27H25F3N4O2. The van der Waals surface area contributed by atoms with Crippen molar-refractivity contribution in [3.8, 4) is 28.5 Å². The average molecular weight is 495 g/mol. The molecule has 0 spiro atoms. The number of nitrogens with zero attached hydrogens (tertiary/aromatic N) is 4. The summed E-state index contributed by atoms with van der Waals surface area (Å²) in [5.41, 5.74) is 1.54. The number of alkyl halides is 2. The molecule has 186 valence electrons. The third kappa shape index (κ3) is 4.42. The van der Waals surface area contributed by atoms with Crippen molar-refractivity contribution in [3.05, 3.63) is 78.9 Å². The number of hydrogen-bond donors (Lipinski definition) is 0. The van der Waals surface area contributed by atoms with Crippen molar-refractivity contribution in [1.82, 2.24) is 19.7 Å². The molecule has 1 aliphatic rings. The van der Waals surface area contributed by atoms with E-state index in [1.54, 1.807) is 41.2 Å². The number of hydrogen-bond acceptors (Lipinski definition) is 5. The average Bonchev–Trinajstić information content (AvgIpc) is 3.50. The van der Waals surface area contributed by atoms with E-state index in [1.165, 1.54) is 25.4 Å². The summed E-state index contributed by atoms with van der Waals surface area (Å²) in [5.74, 6) is -0.0617. The van der Waals surface area contributed by atoms with Gasteiger partial charge in [-0.25, -0.2) is 8.78 Å². The quantitative estimate of drug-likeness (QED) is 0.265. The molecule has 0 amide bonds. The van der Waals surface area contributed by atoms with Gasteiger partial charge in [-0.15, -0.1) is 6.58 Å². The molecule has 36 heavy (non-hydrogen) atoms. The van der Waals surface area contributed by atoms with Crippen molar-refractivity contribution in [2.45, 2.75) is 18.9 Å². The SMILES string of the molecule is C=CCN1CC[C@@H](n2nc(-c3ccc(Oc4cccc(OC)c4F)cc3)c3cncc(C(F)F)c32)C1. The molecule has 6 nitrogen and oxygen atoms in total. The predicted octanol–water partition coefficient (Wildman–Crippen LogP) is 6.41. The largest absolute Gasteiger partial charge is 0.494 e. The molecule has 9 heteroatoms. The van der Waals surface area contributed by atoms with E-state index < -0.39 is 12.2 Å². The number of rotatable bonds is 8. The van der Waals surface area contributed by atoms with E-state index in [4.69, 9.17) is 14.6 Å². The summed E-state index contributed by atoms with van der Waals surface area (Å²) < 4.78 is 54.8. The maximum absolute atomic E-state index is 14.5. The summed E-state index contributed by atoms with van der Waals surface area (Å²) in [6, 6.07) is 11.5. The van der Waals surface area contributed by atoms with Crippen LogP contribution in [0.2, 0.25) is 0 Å². The molecule has 1 fully saturated rings. The highest BCUT2D eigenvalue weighted by molar-refractivity contribution is 5.94. The van der Waals surface area contributed by atoms with Crippen LogP contribution in [0, 0.1) is 5.82 Å². The Labute approximate surface area is 206 Å². The summed E-state index contributed by atoms with van der Waals surface area (Å²) in [6.07, 6.45) is 2.75. The van der Waals surface area contributed by atoms with E-state index in [-0.39, 0.29) is 23.1 Å². The van der Waals surface area contributed by atoms with Gasteiger partial charge in [-0.05, 0) is 42.8 Å². The van der Waals surface area contributed by atoms with Crippen molar-refractivity contribution in [2.75, 3.05) is 26.7 Å². The van der Waals surface area contributed by atoms with Crippen molar-refractivity contribution >= 4 is 10.9 Å². The number of likely N-dealkylation sites (tertiary alicyclic amines) is 1. The molecule has 2 aromatic heterocycles. The first-order chi connectivity index (χ1) is 17.5. The van der Waals surface area contributed by atoms with Crippen LogP contribution in [0.25, 0.3) is 22.2 Å². The lowest BCUT2D eigenvalue weighted by atomic mass is 10.1. The standard InChI is InChI=1S/C27H25F3N4O2/c1-3-12-33-13-11-18(16-33)34-26-20(14-31-15-21(26)27(29)30)25(32-34)17-7-9-19(10-8-17)36-23-6-4-5-22(35-2)24(23)28/h3-10,14-15,18,27H,1,11-13,16H2,2H3/t18-/m1/s1. The third-order valence-corrected chi connectivity index (χ3v) is 6.36. The van der Waals surface area contributed by atoms with Gasteiger partial charge in [-0.2, -0.15) is 9.49 Å². The van der Waals surface area contributed by atoms with Gasteiger partial charge < -0.3 is 9.47 Å². The Morgan fingerprint density at radius 3 is 2.64 bits per heavy atom. The number of aromatic nitrogens is 3. The number of fused-ring (bicyclic) bond motifs is 1. The molecule has 3 heterocycles. The van der Waals surface area contributed by atoms with Crippen molar-refractivity contribution in [3.63, 3.8) is 0 Å². The molecule has 0 bridgehead atoms. The molecule has 1 saturated heterocycles. The fraction of sp³-hybridized carbons (Fsp3) is 0.259. The van der Waals surface area contributed by atoms with Gasteiger partial charge in [-0.3, -0.25) is 14.6 Å². The number of halogens is 3. The van der Waals surface area contributed by atoms with Crippen LogP contribution in [-0.2, 0) is 0 Å². The monoisotopic (exact) mass is 494 g/mol. The minimum absolute atomic E-state index is 0.0351. The lowest BCUT2D eigenvalue weighted by Crippen LogP contribution is -2.22. The van der Waals surface area contributed by atoms with Gasteiger partial charge in [0.05, 0.1) is 24.2 Å². The maximum atomic E-state index is 14.5. The van der Waals surface area contributed by atoms with E-state index >= 15 is 0 Å². The molecule has 2 aromatic carbocycles. The first-order valence-corrected chi connectivity index (χ1v) is 11.6. The maximum Gasteiger partial charge on any atom is 0.267 e. The number of methoxy groups -OCH3 is 1. The Bertz CT molecular complexity index is 1390. The van der Waals surface area contributed by atoms with Gasteiger partial charge in [0.25, 0.3) is 6.43 Å². The zero-order valence-electron chi connectivity index (χ0n) is 19.7. The van der Waals surface area contributed by atoms with Gasteiger partial charge in [0.15, 0.2) is 11.5 Å². The van der Waals surface area contributed by atoms with Gasteiger partial charge in [0.2, 0.25) is 5.82 Å². The third-order valence-electron chi connectivity index (χ3n) is 6.36. The molecule has 5 rings (SSSR count). The minimum Gasteiger partial charge on any atom is -0.494 e. The highest BCUT2D eigenvalue weighted by Gasteiger charge is 2.29. The molecule has 0 N–H and O–H groups in total. The van der Waals surface area contributed by atoms with Crippen LogP contribution in [-0.4, -0.2) is 46.4 Å². The second kappa shape index (κ2) is 10.0. The van der Waals surface area contributed by atoms with Crippen LogP contribution in [0.15, 0.2) is 67.5 Å². The first-order valence-electron chi connectivity index (χ1n) is 11.6. The number of pyridine rings is 1. The minimum atomic E-state index is -2.68. The molecule has 0 unspecified atom stereocenters. The zero-order chi connectivity index (χ0) is 25.2. The molecule has 4 aromatic rings. The Morgan fingerprint density at radius 1 is 1.14 bits per heavy atom.